The highest BCUT2D eigenvalue weighted by atomic mass is 35.5. The summed E-state index contributed by atoms with van der Waals surface area (Å²) in [5.74, 6) is -0.0824. The monoisotopic (exact) mass is 423 g/mol. The molecule has 1 unspecified atom stereocenters. The molecule has 1 heterocycles. The Hall–Kier alpha value is -1.75. The summed E-state index contributed by atoms with van der Waals surface area (Å²) in [4.78, 5) is 14.9. The molecule has 0 aliphatic carbocycles. The molecule has 1 aliphatic heterocycles. The first-order valence-corrected chi connectivity index (χ1v) is 9.49. The van der Waals surface area contributed by atoms with Crippen LogP contribution >= 0.6 is 24.8 Å². The molecule has 0 bridgehead atoms. The lowest BCUT2D eigenvalue weighted by Gasteiger charge is -2.33. The highest BCUT2D eigenvalue weighted by molar-refractivity contribution is 5.96. The van der Waals surface area contributed by atoms with Crippen LogP contribution in [-0.2, 0) is 13.1 Å². The number of amides is 1. The Balaban J connectivity index is 0.00000196. The molecule has 0 saturated carbocycles. The zero-order valence-electron chi connectivity index (χ0n) is 16.6. The van der Waals surface area contributed by atoms with E-state index in [9.17, 15) is 4.79 Å². The number of nitrogens with zero attached hydrogens (tertiary/aromatic N) is 1. The summed E-state index contributed by atoms with van der Waals surface area (Å²) in [6, 6.07) is 14.7. The Bertz CT molecular complexity index is 765. The molecule has 1 fully saturated rings. The van der Waals surface area contributed by atoms with E-state index < -0.39 is 0 Å². The van der Waals surface area contributed by atoms with E-state index in [2.05, 4.69) is 41.4 Å². The lowest BCUT2D eigenvalue weighted by atomic mass is 10.0. The molecular weight excluding hydrogens is 393 g/mol. The third-order valence-electron chi connectivity index (χ3n) is 5.31. The molecule has 1 saturated heterocycles. The van der Waals surface area contributed by atoms with E-state index >= 15 is 0 Å². The predicted molar refractivity (Wildman–Crippen MR) is 121 cm³/mol. The Kier molecular flexibility index (Phi) is 9.80. The van der Waals surface area contributed by atoms with E-state index in [0.717, 1.165) is 17.7 Å². The lowest BCUT2D eigenvalue weighted by Crippen LogP contribution is -2.36. The number of hydrogen-bond acceptors (Lipinski definition) is 3. The summed E-state index contributed by atoms with van der Waals surface area (Å²) >= 11 is 0. The topological polar surface area (TPSA) is 58.4 Å². The van der Waals surface area contributed by atoms with E-state index in [4.69, 9.17) is 5.73 Å². The summed E-state index contributed by atoms with van der Waals surface area (Å²) in [6.45, 7) is 6.97. The van der Waals surface area contributed by atoms with Crippen molar-refractivity contribution in [2.45, 2.75) is 52.2 Å². The number of hydrogen-bond donors (Lipinski definition) is 2. The maximum absolute atomic E-state index is 12.4. The van der Waals surface area contributed by atoms with Gasteiger partial charge in [0, 0.05) is 30.4 Å². The van der Waals surface area contributed by atoms with Crippen molar-refractivity contribution in [1.82, 2.24) is 10.2 Å². The Labute approximate surface area is 180 Å². The largest absolute Gasteiger partial charge is 0.399 e. The molecule has 2 aromatic rings. The van der Waals surface area contributed by atoms with Crippen molar-refractivity contribution >= 4 is 36.4 Å². The van der Waals surface area contributed by atoms with Gasteiger partial charge in [-0.1, -0.05) is 36.8 Å². The molecule has 0 aromatic heterocycles. The van der Waals surface area contributed by atoms with Gasteiger partial charge in [-0.15, -0.1) is 24.8 Å². The smallest absolute Gasteiger partial charge is 0.251 e. The summed E-state index contributed by atoms with van der Waals surface area (Å²) in [5, 5.41) is 2.99. The van der Waals surface area contributed by atoms with Crippen LogP contribution in [0.25, 0.3) is 0 Å². The number of benzene rings is 2. The van der Waals surface area contributed by atoms with E-state index in [0.29, 0.717) is 23.8 Å². The van der Waals surface area contributed by atoms with Gasteiger partial charge in [0.25, 0.3) is 5.91 Å². The average Bonchev–Trinajstić information content (AvgIpc) is 2.65. The number of nitrogen functional groups attached to an aromatic ring is 1. The minimum Gasteiger partial charge on any atom is -0.399 e. The Morgan fingerprint density at radius 1 is 1.11 bits per heavy atom. The molecule has 6 heteroatoms. The quantitative estimate of drug-likeness (QED) is 0.683. The van der Waals surface area contributed by atoms with Gasteiger partial charge >= 0.3 is 0 Å². The molecule has 0 radical (unpaired) electrons. The molecule has 4 nitrogen and oxygen atoms in total. The number of anilines is 1. The van der Waals surface area contributed by atoms with Crippen LogP contribution in [0.15, 0.2) is 42.5 Å². The fourth-order valence-corrected chi connectivity index (χ4v) is 3.55. The van der Waals surface area contributed by atoms with Gasteiger partial charge in [0.2, 0.25) is 0 Å². The molecule has 1 amide bonds. The first-order chi connectivity index (χ1) is 12.5. The van der Waals surface area contributed by atoms with Crippen molar-refractivity contribution in [3.05, 3.63) is 64.7 Å². The van der Waals surface area contributed by atoms with Crippen LogP contribution in [-0.4, -0.2) is 23.4 Å². The molecule has 154 valence electrons. The van der Waals surface area contributed by atoms with Crippen LogP contribution in [0.1, 0.15) is 53.2 Å². The standard InChI is InChI=1S/C22H29N3O.2ClH/c1-16-6-11-20(23)13-21(16)22(26)24-14-18-7-9-19(10-8-18)15-25-12-4-3-5-17(25)2;;/h6-11,13,17H,3-5,12,14-15,23H2,1-2H3,(H,24,26);2*1H. The Morgan fingerprint density at radius 2 is 1.79 bits per heavy atom. The predicted octanol–water partition coefficient (Wildman–Crippen LogP) is 4.73. The van der Waals surface area contributed by atoms with Gasteiger partial charge < -0.3 is 11.1 Å². The summed E-state index contributed by atoms with van der Waals surface area (Å²) in [6.07, 6.45) is 3.95. The third-order valence-corrected chi connectivity index (χ3v) is 5.31. The summed E-state index contributed by atoms with van der Waals surface area (Å²) < 4.78 is 0. The van der Waals surface area contributed by atoms with Gasteiger partial charge in [-0.3, -0.25) is 9.69 Å². The van der Waals surface area contributed by atoms with Crippen molar-refractivity contribution in [2.24, 2.45) is 0 Å². The number of piperidine rings is 1. The van der Waals surface area contributed by atoms with Crippen LogP contribution in [0.2, 0.25) is 0 Å². The third kappa shape index (κ3) is 6.40. The zero-order chi connectivity index (χ0) is 18.5. The van der Waals surface area contributed by atoms with Crippen LogP contribution in [0, 0.1) is 6.92 Å². The summed E-state index contributed by atoms with van der Waals surface area (Å²) in [5.41, 5.74) is 10.4. The SMILES string of the molecule is Cc1ccc(N)cc1C(=O)NCc1ccc(CN2CCCCC2C)cc1.Cl.Cl. The van der Waals surface area contributed by atoms with E-state index in [1.54, 1.807) is 6.07 Å². The Morgan fingerprint density at radius 3 is 2.46 bits per heavy atom. The number of halogens is 2. The number of aryl methyl sites for hydroxylation is 1. The second-order valence-corrected chi connectivity index (χ2v) is 7.39. The van der Waals surface area contributed by atoms with Crippen LogP contribution in [0.4, 0.5) is 5.69 Å². The second-order valence-electron chi connectivity index (χ2n) is 7.39. The van der Waals surface area contributed by atoms with Gasteiger partial charge in [-0.25, -0.2) is 0 Å². The highest BCUT2D eigenvalue weighted by Gasteiger charge is 2.18. The first-order valence-electron chi connectivity index (χ1n) is 9.49. The first kappa shape index (κ1) is 24.3. The maximum atomic E-state index is 12.4. The molecule has 1 aliphatic rings. The van der Waals surface area contributed by atoms with Gasteiger partial charge in [-0.05, 0) is 62.1 Å². The normalized spacial score (nSPS) is 16.6. The fourth-order valence-electron chi connectivity index (χ4n) is 3.55. The number of carbonyl (C=O) groups is 1. The minimum absolute atomic E-state index is 0. The number of carbonyl (C=O) groups excluding carboxylic acids is 1. The van der Waals surface area contributed by atoms with Crippen molar-refractivity contribution in [3.8, 4) is 0 Å². The number of nitrogens with two attached hydrogens (primary N) is 1. The van der Waals surface area contributed by atoms with Crippen LogP contribution in [0.5, 0.6) is 0 Å². The van der Waals surface area contributed by atoms with E-state index in [1.165, 1.54) is 31.4 Å². The minimum atomic E-state index is -0.0824. The number of rotatable bonds is 5. The molecule has 2 aromatic carbocycles. The molecule has 3 N–H and O–H groups in total. The molecule has 0 spiro atoms. The maximum Gasteiger partial charge on any atom is 0.251 e. The number of nitrogens with one attached hydrogen (secondary N) is 1. The van der Waals surface area contributed by atoms with E-state index in [-0.39, 0.29) is 30.7 Å². The average molecular weight is 424 g/mol. The van der Waals surface area contributed by atoms with Crippen molar-refractivity contribution in [2.75, 3.05) is 12.3 Å². The van der Waals surface area contributed by atoms with Gasteiger partial charge in [-0.2, -0.15) is 0 Å². The second kappa shape index (κ2) is 11.3. The van der Waals surface area contributed by atoms with Crippen LogP contribution < -0.4 is 11.1 Å². The van der Waals surface area contributed by atoms with Crippen molar-refractivity contribution in [1.29, 1.82) is 0 Å². The van der Waals surface area contributed by atoms with Gasteiger partial charge in [0.05, 0.1) is 0 Å². The fraction of sp³-hybridized carbons (Fsp3) is 0.409. The molecule has 1 atom stereocenters. The summed E-state index contributed by atoms with van der Waals surface area (Å²) in [7, 11) is 0. The van der Waals surface area contributed by atoms with Gasteiger partial charge in [0.1, 0.15) is 0 Å². The molecular formula is C22H31Cl2N3O. The van der Waals surface area contributed by atoms with Gasteiger partial charge in [0.15, 0.2) is 0 Å². The lowest BCUT2D eigenvalue weighted by molar-refractivity contribution is 0.0950. The zero-order valence-corrected chi connectivity index (χ0v) is 18.2. The highest BCUT2D eigenvalue weighted by Crippen LogP contribution is 2.19. The van der Waals surface area contributed by atoms with E-state index in [1.807, 2.05) is 19.1 Å². The van der Waals surface area contributed by atoms with Crippen LogP contribution in [0.3, 0.4) is 0 Å². The number of likely N-dealkylation sites (tertiary alicyclic amines) is 1. The van der Waals surface area contributed by atoms with Crippen molar-refractivity contribution in [3.63, 3.8) is 0 Å². The molecule has 3 rings (SSSR count). The van der Waals surface area contributed by atoms with Crippen molar-refractivity contribution < 1.29 is 4.79 Å². The molecule has 28 heavy (non-hydrogen) atoms.